The summed E-state index contributed by atoms with van der Waals surface area (Å²) in [6.07, 6.45) is 0. The number of rotatable bonds is 7. The van der Waals surface area contributed by atoms with Crippen molar-refractivity contribution in [1.29, 1.82) is 0 Å². The Bertz CT molecular complexity index is 1200. The van der Waals surface area contributed by atoms with Crippen LogP contribution in [0.2, 0.25) is 0 Å². The third kappa shape index (κ3) is 5.44. The molecule has 2 N–H and O–H groups in total. The van der Waals surface area contributed by atoms with Crippen molar-refractivity contribution in [2.45, 2.75) is 32.2 Å². The van der Waals surface area contributed by atoms with Gasteiger partial charge in [0.25, 0.3) is 15.9 Å². The number of carbonyl (C=O) groups excluding carboxylic acids is 1. The lowest BCUT2D eigenvalue weighted by atomic mass is 10.1. The second-order valence-corrected chi connectivity index (χ2v) is 9.11. The van der Waals surface area contributed by atoms with Gasteiger partial charge >= 0.3 is 0 Å². The zero-order chi connectivity index (χ0) is 22.6. The monoisotopic (exact) mass is 438 g/mol. The Hall–Kier alpha value is -3.32. The average Bonchev–Trinajstić information content (AvgIpc) is 2.73. The second-order valence-electron chi connectivity index (χ2n) is 7.42. The minimum Gasteiger partial charge on any atom is -0.497 e. The number of nitrogens with one attached hydrogen (secondary N) is 2. The molecule has 0 bridgehead atoms. The molecule has 31 heavy (non-hydrogen) atoms. The van der Waals surface area contributed by atoms with E-state index in [0.717, 1.165) is 16.7 Å². The van der Waals surface area contributed by atoms with Gasteiger partial charge in [-0.05, 0) is 73.9 Å². The first-order valence-corrected chi connectivity index (χ1v) is 11.3. The molecule has 0 aliphatic heterocycles. The molecule has 0 spiro atoms. The van der Waals surface area contributed by atoms with Gasteiger partial charge in [-0.1, -0.05) is 29.8 Å². The molecule has 3 aromatic rings. The number of sulfonamides is 1. The maximum atomic E-state index is 12.8. The van der Waals surface area contributed by atoms with Crippen LogP contribution in [0.25, 0.3) is 0 Å². The summed E-state index contributed by atoms with van der Waals surface area (Å²) in [6.45, 7) is 6.16. The van der Waals surface area contributed by atoms with Crippen molar-refractivity contribution < 1.29 is 17.9 Å². The largest absolute Gasteiger partial charge is 0.497 e. The standard InChI is InChI=1S/C24H26N2O4S/c1-16-5-7-19(18(3)13-16)15-25-24(27)23-14-22(12-6-17(23)2)31(28,29)26-20-8-10-21(30-4)11-9-20/h5-14,26H,15H2,1-4H3,(H,25,27). The number of carbonyl (C=O) groups is 1. The number of anilines is 1. The van der Waals surface area contributed by atoms with Crippen molar-refractivity contribution in [3.63, 3.8) is 0 Å². The molecule has 3 rings (SSSR count). The zero-order valence-electron chi connectivity index (χ0n) is 18.0. The molecule has 0 saturated heterocycles. The predicted octanol–water partition coefficient (Wildman–Crippen LogP) is 4.35. The number of amides is 1. The number of hydrogen-bond acceptors (Lipinski definition) is 4. The van der Waals surface area contributed by atoms with Crippen LogP contribution in [0.15, 0.2) is 65.6 Å². The first-order chi connectivity index (χ1) is 14.7. The smallest absolute Gasteiger partial charge is 0.261 e. The van der Waals surface area contributed by atoms with E-state index in [0.29, 0.717) is 29.1 Å². The topological polar surface area (TPSA) is 84.5 Å². The molecule has 0 saturated carbocycles. The summed E-state index contributed by atoms with van der Waals surface area (Å²) in [5.74, 6) is 0.306. The van der Waals surface area contributed by atoms with Gasteiger partial charge < -0.3 is 10.1 Å². The minimum absolute atomic E-state index is 0.0191. The Morgan fingerprint density at radius 3 is 2.26 bits per heavy atom. The van der Waals surface area contributed by atoms with Crippen LogP contribution in [0, 0.1) is 20.8 Å². The highest BCUT2D eigenvalue weighted by Crippen LogP contribution is 2.21. The molecule has 7 heteroatoms. The van der Waals surface area contributed by atoms with Crippen molar-refractivity contribution in [2.75, 3.05) is 11.8 Å². The highest BCUT2D eigenvalue weighted by Gasteiger charge is 2.18. The predicted molar refractivity (Wildman–Crippen MR) is 122 cm³/mol. The summed E-state index contributed by atoms with van der Waals surface area (Å²) in [5, 5.41) is 2.89. The SMILES string of the molecule is COc1ccc(NS(=O)(=O)c2ccc(C)c(C(=O)NCc3ccc(C)cc3C)c2)cc1. The van der Waals surface area contributed by atoms with Gasteiger partial charge in [0.05, 0.1) is 12.0 Å². The lowest BCUT2D eigenvalue weighted by Gasteiger charge is -2.13. The summed E-state index contributed by atoms with van der Waals surface area (Å²) in [4.78, 5) is 12.8. The van der Waals surface area contributed by atoms with Gasteiger partial charge in [0, 0.05) is 17.8 Å². The number of ether oxygens (including phenoxy) is 1. The Morgan fingerprint density at radius 1 is 0.903 bits per heavy atom. The third-order valence-electron chi connectivity index (χ3n) is 5.04. The van der Waals surface area contributed by atoms with E-state index in [1.165, 1.54) is 19.2 Å². The maximum absolute atomic E-state index is 12.8. The minimum atomic E-state index is -3.86. The molecule has 0 aromatic heterocycles. The van der Waals surface area contributed by atoms with Gasteiger partial charge in [0.15, 0.2) is 0 Å². The van der Waals surface area contributed by atoms with E-state index in [1.54, 1.807) is 37.3 Å². The number of hydrogen-bond donors (Lipinski definition) is 2. The molecule has 0 fully saturated rings. The van der Waals surface area contributed by atoms with E-state index in [2.05, 4.69) is 16.1 Å². The van der Waals surface area contributed by atoms with E-state index in [4.69, 9.17) is 4.74 Å². The molecule has 162 valence electrons. The van der Waals surface area contributed by atoms with Gasteiger partial charge in [-0.3, -0.25) is 9.52 Å². The zero-order valence-corrected chi connectivity index (χ0v) is 18.8. The third-order valence-corrected chi connectivity index (χ3v) is 6.42. The molecule has 0 atom stereocenters. The van der Waals surface area contributed by atoms with Gasteiger partial charge in [0.2, 0.25) is 0 Å². The van der Waals surface area contributed by atoms with Crippen LogP contribution in [0.3, 0.4) is 0 Å². The first-order valence-electron chi connectivity index (χ1n) is 9.81. The lowest BCUT2D eigenvalue weighted by Crippen LogP contribution is -2.24. The fraction of sp³-hybridized carbons (Fsp3) is 0.208. The summed E-state index contributed by atoms with van der Waals surface area (Å²) in [5.41, 5.74) is 4.69. The number of methoxy groups -OCH3 is 1. The van der Waals surface area contributed by atoms with Crippen molar-refractivity contribution in [3.8, 4) is 5.75 Å². The van der Waals surface area contributed by atoms with Crippen molar-refractivity contribution in [2.24, 2.45) is 0 Å². The van der Waals surface area contributed by atoms with Crippen molar-refractivity contribution in [1.82, 2.24) is 5.32 Å². The van der Waals surface area contributed by atoms with E-state index < -0.39 is 10.0 Å². The highest BCUT2D eigenvalue weighted by atomic mass is 32.2. The first kappa shape index (κ1) is 22.4. The van der Waals surface area contributed by atoms with Gasteiger partial charge in [-0.25, -0.2) is 8.42 Å². The van der Waals surface area contributed by atoms with E-state index in [9.17, 15) is 13.2 Å². The molecule has 6 nitrogen and oxygen atoms in total. The molecule has 0 heterocycles. The summed E-state index contributed by atoms with van der Waals surface area (Å²) in [7, 11) is -2.32. The summed E-state index contributed by atoms with van der Waals surface area (Å²) >= 11 is 0. The Labute approximate surface area is 183 Å². The fourth-order valence-corrected chi connectivity index (χ4v) is 4.29. The van der Waals surface area contributed by atoms with E-state index in [-0.39, 0.29) is 10.8 Å². The molecule has 1 amide bonds. The number of aryl methyl sites for hydroxylation is 3. The molecular weight excluding hydrogens is 412 g/mol. The van der Waals surface area contributed by atoms with Gasteiger partial charge in [-0.15, -0.1) is 0 Å². The van der Waals surface area contributed by atoms with Crippen LogP contribution in [0.1, 0.15) is 32.6 Å². The van der Waals surface area contributed by atoms with Gasteiger partial charge in [-0.2, -0.15) is 0 Å². The van der Waals surface area contributed by atoms with Gasteiger partial charge in [0.1, 0.15) is 5.75 Å². The lowest BCUT2D eigenvalue weighted by molar-refractivity contribution is 0.0950. The van der Waals surface area contributed by atoms with Crippen molar-refractivity contribution >= 4 is 21.6 Å². The highest BCUT2D eigenvalue weighted by molar-refractivity contribution is 7.92. The molecule has 0 radical (unpaired) electrons. The van der Waals surface area contributed by atoms with Crippen LogP contribution >= 0.6 is 0 Å². The van der Waals surface area contributed by atoms with Crippen LogP contribution < -0.4 is 14.8 Å². The molecule has 0 aliphatic rings. The average molecular weight is 439 g/mol. The fourth-order valence-electron chi connectivity index (χ4n) is 3.20. The van der Waals surface area contributed by atoms with Crippen LogP contribution in [-0.4, -0.2) is 21.4 Å². The normalized spacial score (nSPS) is 11.1. The molecular formula is C24H26N2O4S. The van der Waals surface area contributed by atoms with Crippen molar-refractivity contribution in [3.05, 3.63) is 88.5 Å². The summed E-state index contributed by atoms with van der Waals surface area (Å²) in [6, 6.07) is 17.1. The van der Waals surface area contributed by atoms with E-state index >= 15 is 0 Å². The second kappa shape index (κ2) is 9.22. The molecule has 0 aliphatic carbocycles. The molecule has 0 unspecified atom stereocenters. The van der Waals surface area contributed by atoms with Crippen LogP contribution in [0.4, 0.5) is 5.69 Å². The quantitative estimate of drug-likeness (QED) is 0.574. The van der Waals surface area contributed by atoms with Crippen LogP contribution in [0.5, 0.6) is 5.75 Å². The maximum Gasteiger partial charge on any atom is 0.261 e. The Kier molecular flexibility index (Phi) is 6.65. The van der Waals surface area contributed by atoms with E-state index in [1.807, 2.05) is 26.0 Å². The summed E-state index contributed by atoms with van der Waals surface area (Å²) < 4.78 is 33.3. The Balaban J connectivity index is 1.78. The molecule has 3 aromatic carbocycles. The van der Waals surface area contributed by atoms with Crippen LogP contribution in [-0.2, 0) is 16.6 Å². The Morgan fingerprint density at radius 2 is 1.61 bits per heavy atom. The number of benzene rings is 3.